The molecule has 5 rings (SSSR count). The van der Waals surface area contributed by atoms with Gasteiger partial charge in [-0.1, -0.05) is 30.3 Å². The van der Waals surface area contributed by atoms with Crippen LogP contribution in [0.2, 0.25) is 0 Å². The minimum atomic E-state index is -0.450. The van der Waals surface area contributed by atoms with Gasteiger partial charge in [-0.25, -0.2) is 4.98 Å². The Hall–Kier alpha value is -4.46. The van der Waals surface area contributed by atoms with Crippen LogP contribution < -0.4 is 15.0 Å². The monoisotopic (exact) mass is 413 g/mol. The zero-order valence-electron chi connectivity index (χ0n) is 16.1. The summed E-state index contributed by atoms with van der Waals surface area (Å²) < 4.78 is 12.3. The first kappa shape index (κ1) is 18.6. The molecule has 4 aromatic rings. The molecule has 0 saturated heterocycles. The minimum absolute atomic E-state index is 0.0122. The first-order chi connectivity index (χ1) is 15.1. The van der Waals surface area contributed by atoms with Crippen molar-refractivity contribution in [3.63, 3.8) is 0 Å². The van der Waals surface area contributed by atoms with E-state index in [-0.39, 0.29) is 18.0 Å². The second-order valence-corrected chi connectivity index (χ2v) is 6.85. The number of aromatic nitrogens is 2. The molecule has 1 aliphatic rings. The number of nitro benzene ring substituents is 1. The van der Waals surface area contributed by atoms with E-state index in [9.17, 15) is 14.9 Å². The SMILES string of the molecule is O=c1c2ccccc2nc(/C=C/c2cccc([N+](=O)[O-])c2)n1-c1ccc2c(c1)OCO2. The Morgan fingerprint density at radius 2 is 1.81 bits per heavy atom. The number of nitrogens with zero attached hydrogens (tertiary/aromatic N) is 3. The molecule has 8 nitrogen and oxygen atoms in total. The molecule has 1 aliphatic heterocycles. The van der Waals surface area contributed by atoms with Gasteiger partial charge in [0, 0.05) is 18.2 Å². The number of para-hydroxylation sites is 1. The summed E-state index contributed by atoms with van der Waals surface area (Å²) in [5.74, 6) is 1.54. The number of hydrogen-bond acceptors (Lipinski definition) is 6. The van der Waals surface area contributed by atoms with Gasteiger partial charge in [-0.15, -0.1) is 0 Å². The lowest BCUT2D eigenvalue weighted by atomic mass is 10.1. The van der Waals surface area contributed by atoms with Crippen LogP contribution in [0, 0.1) is 10.1 Å². The molecule has 0 aliphatic carbocycles. The predicted molar refractivity (Wildman–Crippen MR) is 115 cm³/mol. The van der Waals surface area contributed by atoms with Crippen LogP contribution in [-0.4, -0.2) is 21.3 Å². The molecule has 2 heterocycles. The molecule has 0 bridgehead atoms. The molecule has 0 radical (unpaired) electrons. The van der Waals surface area contributed by atoms with E-state index in [4.69, 9.17) is 9.47 Å². The fourth-order valence-electron chi connectivity index (χ4n) is 3.45. The van der Waals surface area contributed by atoms with E-state index < -0.39 is 4.92 Å². The van der Waals surface area contributed by atoms with Crippen LogP contribution in [0.4, 0.5) is 5.69 Å². The molecule has 0 atom stereocenters. The molecular formula is C23H15N3O5. The Bertz CT molecular complexity index is 1420. The van der Waals surface area contributed by atoms with Gasteiger partial charge >= 0.3 is 0 Å². The zero-order chi connectivity index (χ0) is 21.4. The molecule has 0 saturated carbocycles. The molecule has 0 spiro atoms. The molecule has 152 valence electrons. The Balaban J connectivity index is 1.68. The van der Waals surface area contributed by atoms with Crippen molar-refractivity contribution in [2.24, 2.45) is 0 Å². The molecule has 0 unspecified atom stereocenters. The molecule has 0 fully saturated rings. The van der Waals surface area contributed by atoms with Crippen LogP contribution >= 0.6 is 0 Å². The molecule has 0 N–H and O–H groups in total. The van der Waals surface area contributed by atoms with Gasteiger partial charge in [0.1, 0.15) is 5.82 Å². The average molecular weight is 413 g/mol. The second-order valence-electron chi connectivity index (χ2n) is 6.85. The largest absolute Gasteiger partial charge is 0.454 e. The van der Waals surface area contributed by atoms with Crippen molar-refractivity contribution < 1.29 is 14.4 Å². The third-order valence-electron chi connectivity index (χ3n) is 4.92. The quantitative estimate of drug-likeness (QED) is 0.368. The molecule has 3 aromatic carbocycles. The zero-order valence-corrected chi connectivity index (χ0v) is 16.1. The highest BCUT2D eigenvalue weighted by atomic mass is 16.7. The first-order valence-electron chi connectivity index (χ1n) is 9.44. The number of nitro groups is 1. The lowest BCUT2D eigenvalue weighted by molar-refractivity contribution is -0.384. The van der Waals surface area contributed by atoms with E-state index in [1.807, 2.05) is 6.07 Å². The van der Waals surface area contributed by atoms with Gasteiger partial charge in [-0.2, -0.15) is 0 Å². The van der Waals surface area contributed by atoms with Crippen molar-refractivity contribution in [3.8, 4) is 17.2 Å². The summed E-state index contributed by atoms with van der Waals surface area (Å²) in [7, 11) is 0. The highest BCUT2D eigenvalue weighted by Crippen LogP contribution is 2.33. The second kappa shape index (κ2) is 7.42. The van der Waals surface area contributed by atoms with E-state index in [2.05, 4.69) is 4.98 Å². The number of ether oxygens (including phenoxy) is 2. The van der Waals surface area contributed by atoms with Crippen LogP contribution in [0.1, 0.15) is 11.4 Å². The molecule has 1 aromatic heterocycles. The Kier molecular flexibility index (Phi) is 4.44. The van der Waals surface area contributed by atoms with Gasteiger partial charge < -0.3 is 9.47 Å². The molecule has 31 heavy (non-hydrogen) atoms. The van der Waals surface area contributed by atoms with E-state index >= 15 is 0 Å². The summed E-state index contributed by atoms with van der Waals surface area (Å²) in [5, 5.41) is 11.5. The summed E-state index contributed by atoms with van der Waals surface area (Å²) in [5.41, 5.74) is 1.51. The van der Waals surface area contributed by atoms with E-state index in [1.54, 1.807) is 60.7 Å². The first-order valence-corrected chi connectivity index (χ1v) is 9.44. The van der Waals surface area contributed by atoms with Gasteiger partial charge in [0.2, 0.25) is 6.79 Å². The average Bonchev–Trinajstić information content (AvgIpc) is 3.26. The number of hydrogen-bond donors (Lipinski definition) is 0. The highest BCUT2D eigenvalue weighted by molar-refractivity contribution is 5.80. The summed E-state index contributed by atoms with van der Waals surface area (Å²) >= 11 is 0. The van der Waals surface area contributed by atoms with Gasteiger partial charge in [-0.05, 0) is 35.9 Å². The van der Waals surface area contributed by atoms with Crippen molar-refractivity contribution in [2.45, 2.75) is 0 Å². The van der Waals surface area contributed by atoms with E-state index in [0.29, 0.717) is 39.5 Å². The molecule has 0 amide bonds. The van der Waals surface area contributed by atoms with Gasteiger partial charge in [0.05, 0.1) is 21.5 Å². The normalized spacial score (nSPS) is 12.5. The van der Waals surface area contributed by atoms with Crippen LogP contribution in [0.15, 0.2) is 71.5 Å². The van der Waals surface area contributed by atoms with Crippen molar-refractivity contribution in [1.82, 2.24) is 9.55 Å². The van der Waals surface area contributed by atoms with Crippen molar-refractivity contribution in [2.75, 3.05) is 6.79 Å². The number of rotatable bonds is 4. The van der Waals surface area contributed by atoms with Crippen LogP contribution in [0.25, 0.3) is 28.7 Å². The van der Waals surface area contributed by atoms with E-state index in [0.717, 1.165) is 0 Å². The predicted octanol–water partition coefficient (Wildman–Crippen LogP) is 4.19. The Morgan fingerprint density at radius 3 is 2.68 bits per heavy atom. The smallest absolute Gasteiger partial charge is 0.270 e. The van der Waals surface area contributed by atoms with Crippen molar-refractivity contribution >= 4 is 28.7 Å². The molecule has 8 heteroatoms. The van der Waals surface area contributed by atoms with Gasteiger partial charge in [-0.3, -0.25) is 19.5 Å². The Morgan fingerprint density at radius 1 is 0.968 bits per heavy atom. The number of benzene rings is 3. The van der Waals surface area contributed by atoms with Crippen molar-refractivity contribution in [3.05, 3.63) is 98.6 Å². The maximum atomic E-state index is 13.3. The maximum absolute atomic E-state index is 13.3. The van der Waals surface area contributed by atoms with Gasteiger partial charge in [0.15, 0.2) is 11.5 Å². The standard InChI is InChI=1S/C23H15N3O5/c27-23-18-6-1-2-7-19(18)24-22(11-8-15-4-3-5-17(12-15)26(28)29)25(23)16-9-10-20-21(13-16)31-14-30-20/h1-13H,14H2/b11-8+. The number of non-ortho nitro benzene ring substituents is 1. The summed E-state index contributed by atoms with van der Waals surface area (Å²) in [6, 6.07) is 18.6. The minimum Gasteiger partial charge on any atom is -0.454 e. The lowest BCUT2D eigenvalue weighted by Crippen LogP contribution is -2.22. The molecular weight excluding hydrogens is 398 g/mol. The van der Waals surface area contributed by atoms with Crippen LogP contribution in [-0.2, 0) is 0 Å². The van der Waals surface area contributed by atoms with Crippen LogP contribution in [0.3, 0.4) is 0 Å². The summed E-state index contributed by atoms with van der Waals surface area (Å²) in [4.78, 5) is 28.6. The van der Waals surface area contributed by atoms with E-state index in [1.165, 1.54) is 16.7 Å². The van der Waals surface area contributed by atoms with Crippen molar-refractivity contribution in [1.29, 1.82) is 0 Å². The summed E-state index contributed by atoms with van der Waals surface area (Å²) in [6.45, 7) is 0.128. The fraction of sp³-hybridized carbons (Fsp3) is 0.0435. The number of fused-ring (bicyclic) bond motifs is 2. The topological polar surface area (TPSA) is 96.5 Å². The Labute approximate surface area is 175 Å². The fourth-order valence-corrected chi connectivity index (χ4v) is 3.45. The summed E-state index contributed by atoms with van der Waals surface area (Å²) in [6.07, 6.45) is 3.35. The highest BCUT2D eigenvalue weighted by Gasteiger charge is 2.17. The third-order valence-corrected chi connectivity index (χ3v) is 4.92. The third kappa shape index (κ3) is 3.40. The van der Waals surface area contributed by atoms with Gasteiger partial charge in [0.25, 0.3) is 11.2 Å². The lowest BCUT2D eigenvalue weighted by Gasteiger charge is -2.12. The maximum Gasteiger partial charge on any atom is 0.270 e. The van der Waals surface area contributed by atoms with Crippen LogP contribution in [0.5, 0.6) is 11.5 Å².